The normalized spacial score (nSPS) is 19.1. The van der Waals surface area contributed by atoms with Gasteiger partial charge in [-0.15, -0.1) is 0 Å². The summed E-state index contributed by atoms with van der Waals surface area (Å²) >= 11 is 5.97. The smallest absolute Gasteiger partial charge is 0.222 e. The van der Waals surface area contributed by atoms with Gasteiger partial charge in [-0.1, -0.05) is 11.6 Å². The molecule has 1 aliphatic heterocycles. The van der Waals surface area contributed by atoms with Gasteiger partial charge < -0.3 is 10.6 Å². The number of carbonyl (C=O) groups is 1. The van der Waals surface area contributed by atoms with E-state index >= 15 is 0 Å². The number of primary amides is 1. The maximum atomic E-state index is 11.1. The maximum absolute atomic E-state index is 11.1. The quantitative estimate of drug-likeness (QED) is 0.864. The van der Waals surface area contributed by atoms with Crippen LogP contribution in [-0.2, 0) is 4.79 Å². The average molecular weight is 250 g/mol. The van der Waals surface area contributed by atoms with Crippen molar-refractivity contribution in [2.24, 2.45) is 11.7 Å². The molecule has 0 bridgehead atoms. The van der Waals surface area contributed by atoms with Crippen LogP contribution in [0.3, 0.4) is 0 Å². The van der Waals surface area contributed by atoms with Gasteiger partial charge in [-0.3, -0.25) is 4.79 Å². The predicted octanol–water partition coefficient (Wildman–Crippen LogP) is 1.52. The molecule has 5 heteroatoms. The first-order valence-corrected chi connectivity index (χ1v) is 5.73. The van der Waals surface area contributed by atoms with E-state index in [0.717, 1.165) is 18.7 Å². The summed E-state index contributed by atoms with van der Waals surface area (Å²) < 4.78 is 0. The van der Waals surface area contributed by atoms with Crippen LogP contribution in [0.4, 0.5) is 5.69 Å². The van der Waals surface area contributed by atoms with Gasteiger partial charge in [-0.25, -0.2) is 0 Å². The molecule has 1 unspecified atom stereocenters. The van der Waals surface area contributed by atoms with Crippen LogP contribution < -0.4 is 10.6 Å². The minimum Gasteiger partial charge on any atom is -0.371 e. The van der Waals surface area contributed by atoms with Crippen molar-refractivity contribution < 1.29 is 4.79 Å². The number of nitrogens with zero attached hydrogens (tertiary/aromatic N) is 2. The molecule has 1 heterocycles. The molecule has 1 aliphatic rings. The third kappa shape index (κ3) is 2.34. The molecule has 2 rings (SSSR count). The lowest BCUT2D eigenvalue weighted by Gasteiger charge is -2.18. The van der Waals surface area contributed by atoms with Crippen molar-refractivity contribution in [1.29, 1.82) is 5.26 Å². The van der Waals surface area contributed by atoms with Crippen LogP contribution in [0.15, 0.2) is 18.2 Å². The standard InChI is InChI=1S/C12H12ClN3O/c13-11-5-10(2-1-8(11)6-14)16-4-3-9(7-16)12(15)17/h1-2,5,9H,3-4,7H2,(H2,15,17). The highest BCUT2D eigenvalue weighted by molar-refractivity contribution is 6.32. The zero-order valence-corrected chi connectivity index (χ0v) is 9.94. The third-order valence-corrected chi connectivity index (χ3v) is 3.34. The minimum atomic E-state index is -0.257. The summed E-state index contributed by atoms with van der Waals surface area (Å²) in [4.78, 5) is 13.1. The van der Waals surface area contributed by atoms with Gasteiger partial charge in [0, 0.05) is 18.8 Å². The number of nitriles is 1. The Kier molecular flexibility index (Phi) is 3.21. The largest absolute Gasteiger partial charge is 0.371 e. The maximum Gasteiger partial charge on any atom is 0.222 e. The first kappa shape index (κ1) is 11.7. The number of amides is 1. The lowest BCUT2D eigenvalue weighted by molar-refractivity contribution is -0.121. The Morgan fingerprint density at radius 1 is 1.59 bits per heavy atom. The van der Waals surface area contributed by atoms with Crippen molar-refractivity contribution in [3.63, 3.8) is 0 Å². The lowest BCUT2D eigenvalue weighted by Crippen LogP contribution is -2.27. The number of benzene rings is 1. The van der Waals surface area contributed by atoms with Gasteiger partial charge in [-0.2, -0.15) is 5.26 Å². The fourth-order valence-electron chi connectivity index (χ4n) is 2.02. The van der Waals surface area contributed by atoms with Crippen LogP contribution in [0, 0.1) is 17.2 Å². The summed E-state index contributed by atoms with van der Waals surface area (Å²) in [6.07, 6.45) is 0.771. The second-order valence-electron chi connectivity index (χ2n) is 4.11. The lowest BCUT2D eigenvalue weighted by atomic mass is 10.1. The van der Waals surface area contributed by atoms with Crippen LogP contribution >= 0.6 is 11.6 Å². The molecule has 1 amide bonds. The molecule has 1 fully saturated rings. The Balaban J connectivity index is 2.17. The molecule has 0 aliphatic carbocycles. The van der Waals surface area contributed by atoms with Crippen molar-refractivity contribution >= 4 is 23.2 Å². The van der Waals surface area contributed by atoms with Gasteiger partial charge in [-0.05, 0) is 24.6 Å². The molecule has 1 saturated heterocycles. The van der Waals surface area contributed by atoms with Gasteiger partial charge in [0.15, 0.2) is 0 Å². The summed E-state index contributed by atoms with van der Waals surface area (Å²) in [6, 6.07) is 7.30. The highest BCUT2D eigenvalue weighted by Crippen LogP contribution is 2.27. The SMILES string of the molecule is N#Cc1ccc(N2CCC(C(N)=O)C2)cc1Cl. The second-order valence-corrected chi connectivity index (χ2v) is 4.52. The summed E-state index contributed by atoms with van der Waals surface area (Å²) in [5, 5.41) is 9.22. The highest BCUT2D eigenvalue weighted by atomic mass is 35.5. The Labute approximate surface area is 105 Å². The van der Waals surface area contributed by atoms with Crippen LogP contribution in [0.1, 0.15) is 12.0 Å². The summed E-state index contributed by atoms with van der Waals surface area (Å²) in [7, 11) is 0. The van der Waals surface area contributed by atoms with Crippen molar-refractivity contribution in [2.75, 3.05) is 18.0 Å². The van der Waals surface area contributed by atoms with E-state index in [1.54, 1.807) is 12.1 Å². The molecule has 88 valence electrons. The molecular weight excluding hydrogens is 238 g/mol. The average Bonchev–Trinajstić information content (AvgIpc) is 2.78. The van der Waals surface area contributed by atoms with E-state index in [4.69, 9.17) is 22.6 Å². The van der Waals surface area contributed by atoms with Crippen molar-refractivity contribution in [3.8, 4) is 6.07 Å². The monoisotopic (exact) mass is 249 g/mol. The third-order valence-electron chi connectivity index (χ3n) is 3.03. The number of halogens is 1. The van der Waals surface area contributed by atoms with E-state index in [-0.39, 0.29) is 11.8 Å². The first-order valence-electron chi connectivity index (χ1n) is 5.35. The minimum absolute atomic E-state index is 0.0931. The molecular formula is C12H12ClN3O. The number of rotatable bonds is 2. The Hall–Kier alpha value is -1.73. The van der Waals surface area contributed by atoms with Crippen LogP contribution in [0.25, 0.3) is 0 Å². The van der Waals surface area contributed by atoms with Gasteiger partial charge in [0.2, 0.25) is 5.91 Å². The molecule has 0 aromatic heterocycles. The van der Waals surface area contributed by atoms with E-state index in [0.29, 0.717) is 17.1 Å². The number of anilines is 1. The van der Waals surface area contributed by atoms with Gasteiger partial charge in [0.25, 0.3) is 0 Å². The van der Waals surface area contributed by atoms with Gasteiger partial charge >= 0.3 is 0 Å². The number of hydrogen-bond acceptors (Lipinski definition) is 3. The topological polar surface area (TPSA) is 70.1 Å². The number of hydrogen-bond donors (Lipinski definition) is 1. The van der Waals surface area contributed by atoms with Crippen molar-refractivity contribution in [3.05, 3.63) is 28.8 Å². The summed E-state index contributed by atoms with van der Waals surface area (Å²) in [5.74, 6) is -0.350. The molecule has 1 aromatic carbocycles. The summed E-state index contributed by atoms with van der Waals surface area (Å²) in [6.45, 7) is 1.41. The molecule has 0 spiro atoms. The Morgan fingerprint density at radius 3 is 2.88 bits per heavy atom. The molecule has 17 heavy (non-hydrogen) atoms. The number of carbonyl (C=O) groups excluding carboxylic acids is 1. The van der Waals surface area contributed by atoms with Crippen molar-refractivity contribution in [1.82, 2.24) is 0 Å². The fraction of sp³-hybridized carbons (Fsp3) is 0.333. The summed E-state index contributed by atoms with van der Waals surface area (Å²) in [5.41, 5.74) is 6.67. The second kappa shape index (κ2) is 4.64. The predicted molar refractivity (Wildman–Crippen MR) is 65.7 cm³/mol. The fourth-order valence-corrected chi connectivity index (χ4v) is 2.24. The molecule has 0 saturated carbocycles. The van der Waals surface area contributed by atoms with E-state index in [9.17, 15) is 4.79 Å². The Morgan fingerprint density at radius 2 is 2.35 bits per heavy atom. The van der Waals surface area contributed by atoms with Crippen LogP contribution in [0.5, 0.6) is 0 Å². The van der Waals surface area contributed by atoms with Crippen LogP contribution in [0.2, 0.25) is 5.02 Å². The Bertz CT molecular complexity index is 495. The van der Waals surface area contributed by atoms with Crippen LogP contribution in [-0.4, -0.2) is 19.0 Å². The van der Waals surface area contributed by atoms with E-state index in [2.05, 4.69) is 4.90 Å². The van der Waals surface area contributed by atoms with E-state index in [1.165, 1.54) is 0 Å². The molecule has 1 atom stereocenters. The highest BCUT2D eigenvalue weighted by Gasteiger charge is 2.26. The van der Waals surface area contributed by atoms with Gasteiger partial charge in [0.05, 0.1) is 16.5 Å². The molecule has 0 radical (unpaired) electrons. The van der Waals surface area contributed by atoms with Crippen molar-refractivity contribution in [2.45, 2.75) is 6.42 Å². The number of nitrogens with two attached hydrogens (primary N) is 1. The van der Waals surface area contributed by atoms with Gasteiger partial charge in [0.1, 0.15) is 6.07 Å². The molecule has 4 nitrogen and oxygen atoms in total. The van der Waals surface area contributed by atoms with E-state index in [1.807, 2.05) is 12.1 Å². The zero-order valence-electron chi connectivity index (χ0n) is 9.19. The molecule has 1 aromatic rings. The van der Waals surface area contributed by atoms with E-state index < -0.39 is 0 Å². The molecule has 2 N–H and O–H groups in total. The zero-order chi connectivity index (χ0) is 12.4. The first-order chi connectivity index (χ1) is 8.11.